The van der Waals surface area contributed by atoms with Gasteiger partial charge in [0.1, 0.15) is 0 Å². The topological polar surface area (TPSA) is 20.3 Å². The molecule has 0 aliphatic heterocycles. The van der Waals surface area contributed by atoms with Crippen molar-refractivity contribution >= 4 is 39.0 Å². The molecule has 0 aliphatic carbocycles. The van der Waals surface area contributed by atoms with E-state index in [4.69, 9.17) is 11.6 Å². The summed E-state index contributed by atoms with van der Waals surface area (Å²) in [6.07, 6.45) is 0. The van der Waals surface area contributed by atoms with Crippen LogP contribution in [0.4, 0.5) is 5.69 Å². The summed E-state index contributed by atoms with van der Waals surface area (Å²) in [4.78, 5) is 13.9. The molecule has 1 unspecified atom stereocenters. The van der Waals surface area contributed by atoms with Gasteiger partial charge in [0, 0.05) is 27.8 Å². The number of ketones is 1. The van der Waals surface area contributed by atoms with Crippen molar-refractivity contribution in [2.45, 2.75) is 19.9 Å². The number of carbonyl (C=O) groups is 1. The Labute approximate surface area is 138 Å². The summed E-state index contributed by atoms with van der Waals surface area (Å²) in [5, 5.41) is 0.733. The molecule has 0 fully saturated rings. The monoisotopic (exact) mass is 365 g/mol. The van der Waals surface area contributed by atoms with E-state index in [1.807, 2.05) is 49.5 Å². The van der Waals surface area contributed by atoms with Crippen molar-refractivity contribution in [3.05, 3.63) is 63.1 Å². The van der Waals surface area contributed by atoms with Gasteiger partial charge in [-0.2, -0.15) is 0 Å². The van der Waals surface area contributed by atoms with Crippen molar-refractivity contribution in [3.63, 3.8) is 0 Å². The predicted octanol–water partition coefficient (Wildman–Crippen LogP) is 5.50. The molecule has 110 valence electrons. The Morgan fingerprint density at radius 1 is 1.24 bits per heavy atom. The number of carbonyl (C=O) groups excluding carboxylic acids is 1. The molecule has 0 radical (unpaired) electrons. The highest BCUT2D eigenvalue weighted by Crippen LogP contribution is 2.33. The van der Waals surface area contributed by atoms with Gasteiger partial charge in [0.15, 0.2) is 5.78 Å². The normalized spacial score (nSPS) is 12.0. The first-order valence-corrected chi connectivity index (χ1v) is 7.86. The number of rotatable bonds is 4. The molecule has 21 heavy (non-hydrogen) atoms. The standard InChI is InChI=1S/C17H17BrClNO/c1-11(14-6-4-5-7-16(14)19)20(3)17-10-13(18)8-9-15(17)12(2)21/h4-11H,1-3H3. The minimum atomic E-state index is 0.0516. The van der Waals surface area contributed by atoms with Crippen molar-refractivity contribution < 1.29 is 4.79 Å². The largest absolute Gasteiger partial charge is 0.367 e. The smallest absolute Gasteiger partial charge is 0.161 e. The zero-order chi connectivity index (χ0) is 15.6. The highest BCUT2D eigenvalue weighted by atomic mass is 79.9. The number of benzene rings is 2. The number of hydrogen-bond acceptors (Lipinski definition) is 2. The number of hydrogen-bond donors (Lipinski definition) is 0. The van der Waals surface area contributed by atoms with Crippen LogP contribution in [0.15, 0.2) is 46.9 Å². The van der Waals surface area contributed by atoms with Crippen molar-refractivity contribution in [1.29, 1.82) is 0 Å². The Morgan fingerprint density at radius 2 is 1.90 bits per heavy atom. The van der Waals surface area contributed by atoms with Crippen molar-refractivity contribution in [1.82, 2.24) is 0 Å². The van der Waals surface area contributed by atoms with E-state index < -0.39 is 0 Å². The van der Waals surface area contributed by atoms with Crippen molar-refractivity contribution in [2.75, 3.05) is 11.9 Å². The molecule has 0 bridgehead atoms. The van der Waals surface area contributed by atoms with Crippen LogP contribution in [0, 0.1) is 0 Å². The molecule has 2 aromatic rings. The van der Waals surface area contributed by atoms with Gasteiger partial charge in [-0.05, 0) is 43.7 Å². The van der Waals surface area contributed by atoms with E-state index in [9.17, 15) is 4.79 Å². The molecule has 0 amide bonds. The van der Waals surface area contributed by atoms with Gasteiger partial charge >= 0.3 is 0 Å². The summed E-state index contributed by atoms with van der Waals surface area (Å²) >= 11 is 9.75. The second kappa shape index (κ2) is 6.63. The molecule has 0 saturated carbocycles. The molecule has 0 aliphatic rings. The van der Waals surface area contributed by atoms with E-state index in [-0.39, 0.29) is 11.8 Å². The molecule has 1 atom stereocenters. The van der Waals surface area contributed by atoms with Crippen LogP contribution in [-0.4, -0.2) is 12.8 Å². The molecule has 2 aromatic carbocycles. The lowest BCUT2D eigenvalue weighted by Crippen LogP contribution is -2.23. The van der Waals surface area contributed by atoms with Crippen LogP contribution in [0.1, 0.15) is 35.8 Å². The minimum absolute atomic E-state index is 0.0516. The predicted molar refractivity (Wildman–Crippen MR) is 92.4 cm³/mol. The van der Waals surface area contributed by atoms with Crippen LogP contribution in [0.3, 0.4) is 0 Å². The molecule has 0 heterocycles. The zero-order valence-corrected chi connectivity index (χ0v) is 14.6. The summed E-state index contributed by atoms with van der Waals surface area (Å²) < 4.78 is 0.945. The van der Waals surface area contributed by atoms with E-state index in [0.29, 0.717) is 5.56 Å². The highest BCUT2D eigenvalue weighted by Gasteiger charge is 2.19. The highest BCUT2D eigenvalue weighted by molar-refractivity contribution is 9.10. The average Bonchev–Trinajstić information content (AvgIpc) is 2.45. The van der Waals surface area contributed by atoms with Crippen LogP contribution in [0.5, 0.6) is 0 Å². The Bertz CT molecular complexity index is 672. The van der Waals surface area contributed by atoms with E-state index in [1.54, 1.807) is 6.92 Å². The van der Waals surface area contributed by atoms with Crippen molar-refractivity contribution in [2.24, 2.45) is 0 Å². The third-order valence-corrected chi connectivity index (χ3v) is 4.49. The van der Waals surface area contributed by atoms with E-state index in [2.05, 4.69) is 27.8 Å². The Balaban J connectivity index is 2.44. The third-order valence-electron chi connectivity index (χ3n) is 3.66. The molecule has 0 saturated heterocycles. The average molecular weight is 367 g/mol. The van der Waals surface area contributed by atoms with E-state index in [1.165, 1.54) is 0 Å². The number of nitrogens with zero attached hydrogens (tertiary/aromatic N) is 1. The molecule has 2 rings (SSSR count). The van der Waals surface area contributed by atoms with Crippen molar-refractivity contribution in [3.8, 4) is 0 Å². The number of halogens is 2. The lowest BCUT2D eigenvalue weighted by molar-refractivity contribution is 0.101. The third kappa shape index (κ3) is 3.47. The summed E-state index contributed by atoms with van der Waals surface area (Å²) in [6, 6.07) is 13.5. The Hall–Kier alpha value is -1.32. The molecule has 0 aromatic heterocycles. The number of Topliss-reactive ketones (excluding diaryl/α,β-unsaturated/α-hetero) is 1. The maximum atomic E-state index is 11.8. The first-order chi connectivity index (χ1) is 9.91. The van der Waals surface area contributed by atoms with Gasteiger partial charge in [0.25, 0.3) is 0 Å². The molecule has 2 nitrogen and oxygen atoms in total. The van der Waals surface area contributed by atoms with Gasteiger partial charge in [0.05, 0.1) is 6.04 Å². The fourth-order valence-corrected chi connectivity index (χ4v) is 2.97. The van der Waals surface area contributed by atoms with Gasteiger partial charge < -0.3 is 4.90 Å². The summed E-state index contributed by atoms with van der Waals surface area (Å²) in [5.74, 6) is 0.0516. The van der Waals surface area contributed by atoms with Crippen LogP contribution < -0.4 is 4.90 Å². The molecule has 4 heteroatoms. The minimum Gasteiger partial charge on any atom is -0.367 e. The van der Waals surface area contributed by atoms with Gasteiger partial charge in [-0.25, -0.2) is 0 Å². The van der Waals surface area contributed by atoms with Crippen LogP contribution >= 0.6 is 27.5 Å². The van der Waals surface area contributed by atoms with Crippen LogP contribution in [0.25, 0.3) is 0 Å². The van der Waals surface area contributed by atoms with Crippen LogP contribution in [-0.2, 0) is 0 Å². The maximum absolute atomic E-state index is 11.8. The first kappa shape index (κ1) is 16.1. The SMILES string of the molecule is CC(=O)c1ccc(Br)cc1N(C)C(C)c1ccccc1Cl. The Morgan fingerprint density at radius 3 is 2.52 bits per heavy atom. The van der Waals surface area contributed by atoms with Crippen LogP contribution in [0.2, 0.25) is 5.02 Å². The lowest BCUT2D eigenvalue weighted by Gasteiger charge is -2.29. The number of anilines is 1. The molecule has 0 spiro atoms. The fourth-order valence-electron chi connectivity index (χ4n) is 2.33. The lowest BCUT2D eigenvalue weighted by atomic mass is 10.0. The molecule has 0 N–H and O–H groups in total. The fraction of sp³-hybridized carbons (Fsp3) is 0.235. The summed E-state index contributed by atoms with van der Waals surface area (Å²) in [5.41, 5.74) is 2.64. The van der Waals surface area contributed by atoms with E-state index in [0.717, 1.165) is 20.7 Å². The van der Waals surface area contributed by atoms with E-state index >= 15 is 0 Å². The van der Waals surface area contributed by atoms with Gasteiger partial charge in [-0.3, -0.25) is 4.79 Å². The quantitative estimate of drug-likeness (QED) is 0.666. The second-order valence-corrected chi connectivity index (χ2v) is 6.35. The summed E-state index contributed by atoms with van der Waals surface area (Å²) in [7, 11) is 1.97. The Kier molecular flexibility index (Phi) is 5.07. The molecular formula is C17H17BrClNO. The maximum Gasteiger partial charge on any atom is 0.161 e. The second-order valence-electron chi connectivity index (χ2n) is 5.03. The summed E-state index contributed by atoms with van der Waals surface area (Å²) in [6.45, 7) is 3.66. The zero-order valence-electron chi connectivity index (χ0n) is 12.2. The first-order valence-electron chi connectivity index (χ1n) is 6.69. The molecular weight excluding hydrogens is 350 g/mol. The van der Waals surface area contributed by atoms with Gasteiger partial charge in [-0.15, -0.1) is 0 Å². The van der Waals surface area contributed by atoms with Gasteiger partial charge in [0.2, 0.25) is 0 Å². The van der Waals surface area contributed by atoms with Gasteiger partial charge in [-0.1, -0.05) is 45.7 Å².